The number of pyridine rings is 1. The van der Waals surface area contributed by atoms with Crippen LogP contribution in [-0.4, -0.2) is 30.6 Å². The minimum Gasteiger partial charge on any atom is -0.466 e. The molecular formula is C13H20N2O2. The molecule has 0 aromatic carbocycles. The minimum atomic E-state index is -0.138. The Morgan fingerprint density at radius 2 is 2.41 bits per heavy atom. The standard InChI is InChI=1S/C13H20N2O2/c1-3-17-13(16)11(2)9-15-8-6-12-5-4-7-14-10-12/h4-5,7,10-11,15H,3,6,8-9H2,1-2H3. The van der Waals surface area contributed by atoms with Gasteiger partial charge in [-0.1, -0.05) is 13.0 Å². The summed E-state index contributed by atoms with van der Waals surface area (Å²) in [5, 5.41) is 3.24. The molecule has 1 rings (SSSR count). The van der Waals surface area contributed by atoms with E-state index in [0.29, 0.717) is 13.2 Å². The molecule has 0 fully saturated rings. The Bertz CT molecular complexity index is 327. The zero-order valence-electron chi connectivity index (χ0n) is 10.5. The van der Waals surface area contributed by atoms with E-state index < -0.39 is 0 Å². The van der Waals surface area contributed by atoms with Crippen LogP contribution in [0.5, 0.6) is 0 Å². The maximum absolute atomic E-state index is 11.3. The van der Waals surface area contributed by atoms with Gasteiger partial charge in [0.25, 0.3) is 0 Å². The highest BCUT2D eigenvalue weighted by molar-refractivity contribution is 5.72. The number of ether oxygens (including phenoxy) is 1. The third-order valence-electron chi connectivity index (χ3n) is 2.45. The summed E-state index contributed by atoms with van der Waals surface area (Å²) in [6.45, 7) is 5.63. The highest BCUT2D eigenvalue weighted by atomic mass is 16.5. The monoisotopic (exact) mass is 236 g/mol. The lowest BCUT2D eigenvalue weighted by molar-refractivity contribution is -0.147. The van der Waals surface area contributed by atoms with Crippen LogP contribution in [0.25, 0.3) is 0 Å². The second-order valence-corrected chi connectivity index (χ2v) is 3.97. The molecule has 0 saturated carbocycles. The van der Waals surface area contributed by atoms with Crippen LogP contribution in [0.15, 0.2) is 24.5 Å². The molecular weight excluding hydrogens is 216 g/mol. The van der Waals surface area contributed by atoms with Gasteiger partial charge in [0, 0.05) is 18.9 Å². The Kier molecular flexibility index (Phi) is 6.25. The first-order valence-electron chi connectivity index (χ1n) is 6.00. The Morgan fingerprint density at radius 3 is 3.06 bits per heavy atom. The molecule has 1 unspecified atom stereocenters. The number of rotatable bonds is 7. The fraction of sp³-hybridized carbons (Fsp3) is 0.538. The van der Waals surface area contributed by atoms with Crippen LogP contribution < -0.4 is 5.32 Å². The third kappa shape index (κ3) is 5.45. The van der Waals surface area contributed by atoms with Crippen LogP contribution in [0.2, 0.25) is 0 Å². The predicted octanol–water partition coefficient (Wildman–Crippen LogP) is 1.41. The summed E-state index contributed by atoms with van der Waals surface area (Å²) in [6.07, 6.45) is 4.54. The van der Waals surface area contributed by atoms with Crippen LogP contribution in [0, 0.1) is 5.92 Å². The SMILES string of the molecule is CCOC(=O)C(C)CNCCc1cccnc1. The first-order valence-corrected chi connectivity index (χ1v) is 6.00. The second-order valence-electron chi connectivity index (χ2n) is 3.97. The molecule has 0 aliphatic rings. The van der Waals surface area contributed by atoms with Crippen LogP contribution >= 0.6 is 0 Å². The van der Waals surface area contributed by atoms with Crippen molar-refractivity contribution >= 4 is 5.97 Å². The molecule has 0 saturated heterocycles. The van der Waals surface area contributed by atoms with E-state index in [1.807, 2.05) is 32.2 Å². The molecule has 0 amide bonds. The Hall–Kier alpha value is -1.42. The van der Waals surface area contributed by atoms with Gasteiger partial charge in [-0.25, -0.2) is 0 Å². The van der Waals surface area contributed by atoms with E-state index in [1.165, 1.54) is 5.56 Å². The van der Waals surface area contributed by atoms with Gasteiger partial charge >= 0.3 is 5.97 Å². The third-order valence-corrected chi connectivity index (χ3v) is 2.45. The van der Waals surface area contributed by atoms with Gasteiger partial charge in [-0.3, -0.25) is 9.78 Å². The van der Waals surface area contributed by atoms with Crippen molar-refractivity contribution in [2.75, 3.05) is 19.7 Å². The van der Waals surface area contributed by atoms with Gasteiger partial charge in [-0.15, -0.1) is 0 Å². The van der Waals surface area contributed by atoms with Gasteiger partial charge < -0.3 is 10.1 Å². The number of hydrogen-bond acceptors (Lipinski definition) is 4. The van der Waals surface area contributed by atoms with Crippen molar-refractivity contribution < 1.29 is 9.53 Å². The molecule has 0 bridgehead atoms. The predicted molar refractivity (Wildman–Crippen MR) is 66.6 cm³/mol. The van der Waals surface area contributed by atoms with E-state index in [0.717, 1.165) is 13.0 Å². The fourth-order valence-electron chi connectivity index (χ4n) is 1.47. The number of carbonyl (C=O) groups excluding carboxylic acids is 1. The van der Waals surface area contributed by atoms with Gasteiger partial charge in [-0.2, -0.15) is 0 Å². The molecule has 1 atom stereocenters. The summed E-state index contributed by atoms with van der Waals surface area (Å²) >= 11 is 0. The number of nitrogens with zero attached hydrogens (tertiary/aromatic N) is 1. The first kappa shape index (κ1) is 13.6. The zero-order valence-corrected chi connectivity index (χ0v) is 10.5. The molecule has 1 aromatic rings. The number of hydrogen-bond donors (Lipinski definition) is 1. The molecule has 0 aliphatic carbocycles. The van der Waals surface area contributed by atoms with Crippen molar-refractivity contribution in [2.45, 2.75) is 20.3 Å². The number of esters is 1. The molecule has 4 nitrogen and oxygen atoms in total. The van der Waals surface area contributed by atoms with Crippen LogP contribution in [-0.2, 0) is 16.0 Å². The summed E-state index contributed by atoms with van der Waals surface area (Å²) < 4.78 is 4.93. The Labute approximate surface area is 102 Å². The number of aromatic nitrogens is 1. The molecule has 17 heavy (non-hydrogen) atoms. The molecule has 0 aliphatic heterocycles. The second kappa shape index (κ2) is 7.79. The largest absolute Gasteiger partial charge is 0.466 e. The molecule has 4 heteroatoms. The molecule has 94 valence electrons. The van der Waals surface area contributed by atoms with Crippen LogP contribution in [0.4, 0.5) is 0 Å². The highest BCUT2D eigenvalue weighted by Gasteiger charge is 2.12. The lowest BCUT2D eigenvalue weighted by Crippen LogP contribution is -2.29. The van der Waals surface area contributed by atoms with E-state index >= 15 is 0 Å². The summed E-state index contributed by atoms with van der Waals surface area (Å²) in [7, 11) is 0. The van der Waals surface area contributed by atoms with Gasteiger partial charge in [0.1, 0.15) is 0 Å². The topological polar surface area (TPSA) is 51.2 Å². The van der Waals surface area contributed by atoms with E-state index in [1.54, 1.807) is 6.20 Å². The number of nitrogens with one attached hydrogen (secondary N) is 1. The quantitative estimate of drug-likeness (QED) is 0.574. The normalized spacial score (nSPS) is 12.1. The fourth-order valence-corrected chi connectivity index (χ4v) is 1.47. The van der Waals surface area contributed by atoms with Gasteiger partial charge in [0.05, 0.1) is 12.5 Å². The van der Waals surface area contributed by atoms with Crippen molar-refractivity contribution in [1.82, 2.24) is 10.3 Å². The van der Waals surface area contributed by atoms with Crippen molar-refractivity contribution in [2.24, 2.45) is 5.92 Å². The minimum absolute atomic E-state index is 0.0937. The molecule has 1 N–H and O–H groups in total. The van der Waals surface area contributed by atoms with Gasteiger partial charge in [0.2, 0.25) is 0 Å². The smallest absolute Gasteiger partial charge is 0.309 e. The van der Waals surface area contributed by atoms with E-state index in [-0.39, 0.29) is 11.9 Å². The molecule has 0 radical (unpaired) electrons. The van der Waals surface area contributed by atoms with Crippen molar-refractivity contribution in [1.29, 1.82) is 0 Å². The summed E-state index contributed by atoms with van der Waals surface area (Å²) in [4.78, 5) is 15.4. The molecule has 0 spiro atoms. The van der Waals surface area contributed by atoms with Gasteiger partial charge in [0.15, 0.2) is 0 Å². The van der Waals surface area contributed by atoms with E-state index in [4.69, 9.17) is 4.74 Å². The van der Waals surface area contributed by atoms with Crippen molar-refractivity contribution in [3.8, 4) is 0 Å². The lowest BCUT2D eigenvalue weighted by Gasteiger charge is -2.11. The van der Waals surface area contributed by atoms with Crippen LogP contribution in [0.1, 0.15) is 19.4 Å². The zero-order chi connectivity index (χ0) is 12.5. The summed E-state index contributed by atoms with van der Waals surface area (Å²) in [6, 6.07) is 3.97. The Morgan fingerprint density at radius 1 is 1.59 bits per heavy atom. The van der Waals surface area contributed by atoms with Crippen molar-refractivity contribution in [3.05, 3.63) is 30.1 Å². The molecule has 1 aromatic heterocycles. The molecule has 1 heterocycles. The summed E-state index contributed by atoms with van der Waals surface area (Å²) in [5.74, 6) is -0.231. The summed E-state index contributed by atoms with van der Waals surface area (Å²) in [5.41, 5.74) is 1.20. The Balaban J connectivity index is 2.14. The van der Waals surface area contributed by atoms with Crippen molar-refractivity contribution in [3.63, 3.8) is 0 Å². The maximum atomic E-state index is 11.3. The van der Waals surface area contributed by atoms with Crippen LogP contribution in [0.3, 0.4) is 0 Å². The van der Waals surface area contributed by atoms with E-state index in [2.05, 4.69) is 10.3 Å². The van der Waals surface area contributed by atoms with Gasteiger partial charge in [-0.05, 0) is 31.5 Å². The average Bonchev–Trinajstić information content (AvgIpc) is 2.36. The van der Waals surface area contributed by atoms with E-state index in [9.17, 15) is 4.79 Å². The first-order chi connectivity index (χ1) is 8.24. The lowest BCUT2D eigenvalue weighted by atomic mass is 10.1. The average molecular weight is 236 g/mol. The maximum Gasteiger partial charge on any atom is 0.309 e. The number of carbonyl (C=O) groups is 1. The highest BCUT2D eigenvalue weighted by Crippen LogP contribution is 1.98.